The van der Waals surface area contributed by atoms with E-state index in [0.717, 1.165) is 38.5 Å². The standard InChI is InChI=1S/C19H26N2O5S/c1-14(19(23)24)21(16-9-10-16)18(22)15-7-6-8-17(13-15)27(25,26)20-11-4-2-3-5-12-20/h6-8,13-14,16H,2-5,9-12H2,1H3,(H,23,24). The second kappa shape index (κ2) is 7.98. The van der Waals surface area contributed by atoms with Crippen LogP contribution in [0.5, 0.6) is 0 Å². The Kier molecular flexibility index (Phi) is 5.86. The van der Waals surface area contributed by atoms with Crippen molar-refractivity contribution in [2.75, 3.05) is 13.1 Å². The molecule has 1 saturated heterocycles. The molecule has 2 aliphatic rings. The van der Waals surface area contributed by atoms with Gasteiger partial charge in [-0.1, -0.05) is 18.9 Å². The third-order valence-corrected chi connectivity index (χ3v) is 7.13. The molecule has 1 aromatic carbocycles. The maximum atomic E-state index is 13.0. The number of hydrogen-bond donors (Lipinski definition) is 1. The molecule has 1 unspecified atom stereocenters. The minimum Gasteiger partial charge on any atom is -0.480 e. The van der Waals surface area contributed by atoms with Crippen molar-refractivity contribution < 1.29 is 23.1 Å². The topological polar surface area (TPSA) is 95.0 Å². The minimum absolute atomic E-state index is 0.0885. The van der Waals surface area contributed by atoms with Crippen LogP contribution in [-0.4, -0.2) is 59.8 Å². The predicted octanol–water partition coefficient (Wildman–Crippen LogP) is 2.33. The number of benzene rings is 1. The highest BCUT2D eigenvalue weighted by atomic mass is 32.2. The van der Waals surface area contributed by atoms with Crippen molar-refractivity contribution in [3.8, 4) is 0 Å². The van der Waals surface area contributed by atoms with Crippen molar-refractivity contribution in [2.45, 2.75) is 62.4 Å². The lowest BCUT2D eigenvalue weighted by Crippen LogP contribution is -2.44. The van der Waals surface area contributed by atoms with Gasteiger partial charge in [-0.2, -0.15) is 4.31 Å². The first-order chi connectivity index (χ1) is 12.8. The van der Waals surface area contributed by atoms with Crippen molar-refractivity contribution in [2.24, 2.45) is 0 Å². The van der Waals surface area contributed by atoms with Crippen LogP contribution in [0.15, 0.2) is 29.2 Å². The van der Waals surface area contributed by atoms with Gasteiger partial charge in [-0.15, -0.1) is 0 Å². The van der Waals surface area contributed by atoms with Gasteiger partial charge >= 0.3 is 5.97 Å². The highest BCUT2D eigenvalue weighted by Gasteiger charge is 2.39. The molecular weight excluding hydrogens is 368 g/mol. The SMILES string of the molecule is CC(C(=O)O)N(C(=O)c1cccc(S(=O)(=O)N2CCCCCC2)c1)C1CC1. The average molecular weight is 394 g/mol. The molecule has 27 heavy (non-hydrogen) atoms. The van der Waals surface area contributed by atoms with E-state index in [0.29, 0.717) is 13.1 Å². The van der Waals surface area contributed by atoms with E-state index in [4.69, 9.17) is 0 Å². The Morgan fingerprint density at radius 2 is 1.78 bits per heavy atom. The largest absolute Gasteiger partial charge is 0.480 e. The maximum Gasteiger partial charge on any atom is 0.326 e. The third kappa shape index (κ3) is 4.32. The summed E-state index contributed by atoms with van der Waals surface area (Å²) < 4.78 is 27.4. The summed E-state index contributed by atoms with van der Waals surface area (Å²) in [5.74, 6) is -1.50. The summed E-state index contributed by atoms with van der Waals surface area (Å²) in [4.78, 5) is 25.8. The summed E-state index contributed by atoms with van der Waals surface area (Å²) >= 11 is 0. The number of carbonyl (C=O) groups excluding carboxylic acids is 1. The molecule has 0 bridgehead atoms. The molecule has 1 aromatic rings. The zero-order valence-electron chi connectivity index (χ0n) is 15.5. The van der Waals surface area contributed by atoms with Crippen LogP contribution in [-0.2, 0) is 14.8 Å². The minimum atomic E-state index is -3.66. The van der Waals surface area contributed by atoms with Crippen LogP contribution in [0.4, 0.5) is 0 Å². The lowest BCUT2D eigenvalue weighted by molar-refractivity contribution is -0.141. The van der Waals surface area contributed by atoms with E-state index in [1.807, 2.05) is 0 Å². The van der Waals surface area contributed by atoms with E-state index in [9.17, 15) is 23.1 Å². The number of carbonyl (C=O) groups is 2. The molecule has 1 amide bonds. The lowest BCUT2D eigenvalue weighted by Gasteiger charge is -2.27. The third-order valence-electron chi connectivity index (χ3n) is 5.23. The normalized spacial score (nSPS) is 19.9. The highest BCUT2D eigenvalue weighted by Crippen LogP contribution is 2.31. The first kappa shape index (κ1) is 19.8. The number of sulfonamides is 1. The molecule has 1 saturated carbocycles. The summed E-state index contributed by atoms with van der Waals surface area (Å²) in [6, 6.07) is 4.94. The fraction of sp³-hybridized carbons (Fsp3) is 0.579. The number of rotatable bonds is 6. The van der Waals surface area contributed by atoms with Crippen LogP contribution in [0.3, 0.4) is 0 Å². The van der Waals surface area contributed by atoms with Crippen LogP contribution in [0.2, 0.25) is 0 Å². The summed E-state index contributed by atoms with van der Waals surface area (Å²) in [6.45, 7) is 2.46. The Morgan fingerprint density at radius 1 is 1.15 bits per heavy atom. The first-order valence-electron chi connectivity index (χ1n) is 9.48. The predicted molar refractivity (Wildman–Crippen MR) is 100.0 cm³/mol. The average Bonchev–Trinajstić information content (AvgIpc) is 3.48. The zero-order chi connectivity index (χ0) is 19.6. The Bertz CT molecular complexity index is 811. The van der Waals surface area contributed by atoms with E-state index in [1.54, 1.807) is 12.1 Å². The Hall–Kier alpha value is -1.93. The number of amides is 1. The second-order valence-electron chi connectivity index (χ2n) is 7.30. The van der Waals surface area contributed by atoms with Crippen LogP contribution >= 0.6 is 0 Å². The van der Waals surface area contributed by atoms with Gasteiger partial charge in [0.15, 0.2) is 0 Å². The molecule has 1 atom stereocenters. The van der Waals surface area contributed by atoms with Crippen molar-refractivity contribution >= 4 is 21.9 Å². The zero-order valence-corrected chi connectivity index (χ0v) is 16.3. The number of carboxylic acids is 1. The molecule has 8 heteroatoms. The van der Waals surface area contributed by atoms with Crippen LogP contribution < -0.4 is 0 Å². The molecule has 3 rings (SSSR count). The van der Waals surface area contributed by atoms with Crippen molar-refractivity contribution in [3.05, 3.63) is 29.8 Å². The summed E-state index contributed by atoms with van der Waals surface area (Å²) in [5, 5.41) is 9.31. The Balaban J connectivity index is 1.88. The van der Waals surface area contributed by atoms with Crippen molar-refractivity contribution in [1.82, 2.24) is 9.21 Å². The second-order valence-corrected chi connectivity index (χ2v) is 9.24. The fourth-order valence-electron chi connectivity index (χ4n) is 3.50. The summed E-state index contributed by atoms with van der Waals surface area (Å²) in [7, 11) is -3.66. The van der Waals surface area contributed by atoms with E-state index in [1.165, 1.54) is 28.3 Å². The monoisotopic (exact) mass is 394 g/mol. The maximum absolute atomic E-state index is 13.0. The molecular formula is C19H26N2O5S. The molecule has 0 aromatic heterocycles. The fourth-order valence-corrected chi connectivity index (χ4v) is 5.06. The molecule has 2 fully saturated rings. The number of hydrogen-bond acceptors (Lipinski definition) is 4. The van der Waals surface area contributed by atoms with Crippen LogP contribution in [0.25, 0.3) is 0 Å². The van der Waals surface area contributed by atoms with E-state index >= 15 is 0 Å². The summed E-state index contributed by atoms with van der Waals surface area (Å²) in [5.41, 5.74) is 0.214. The van der Waals surface area contributed by atoms with Gasteiger partial charge in [-0.3, -0.25) is 4.79 Å². The van der Waals surface area contributed by atoms with Gasteiger partial charge in [0.05, 0.1) is 4.90 Å². The number of aliphatic carboxylic acids is 1. The van der Waals surface area contributed by atoms with Gasteiger partial charge < -0.3 is 10.0 Å². The molecule has 1 aliphatic heterocycles. The van der Waals surface area contributed by atoms with E-state index in [-0.39, 0.29) is 16.5 Å². The van der Waals surface area contributed by atoms with Crippen LogP contribution in [0.1, 0.15) is 55.8 Å². The quantitative estimate of drug-likeness (QED) is 0.799. The van der Waals surface area contributed by atoms with Gasteiger partial charge in [0.2, 0.25) is 10.0 Å². The molecule has 7 nitrogen and oxygen atoms in total. The van der Waals surface area contributed by atoms with Crippen molar-refractivity contribution in [1.29, 1.82) is 0 Å². The molecule has 1 N–H and O–H groups in total. The molecule has 1 aliphatic carbocycles. The molecule has 0 spiro atoms. The Morgan fingerprint density at radius 3 is 2.33 bits per heavy atom. The smallest absolute Gasteiger partial charge is 0.326 e. The van der Waals surface area contributed by atoms with Gasteiger partial charge in [-0.05, 0) is 50.8 Å². The van der Waals surface area contributed by atoms with Gasteiger partial charge in [0.1, 0.15) is 6.04 Å². The Labute approximate surface area is 160 Å². The molecule has 148 valence electrons. The van der Waals surface area contributed by atoms with E-state index in [2.05, 4.69) is 0 Å². The number of carboxylic acid groups (broad SMARTS) is 1. The molecule has 0 radical (unpaired) electrons. The number of nitrogens with zero attached hydrogens (tertiary/aromatic N) is 2. The first-order valence-corrected chi connectivity index (χ1v) is 10.9. The highest BCUT2D eigenvalue weighted by molar-refractivity contribution is 7.89. The van der Waals surface area contributed by atoms with Gasteiger partial charge in [0, 0.05) is 24.7 Å². The van der Waals surface area contributed by atoms with Gasteiger partial charge in [0.25, 0.3) is 5.91 Å². The van der Waals surface area contributed by atoms with E-state index < -0.39 is 27.9 Å². The van der Waals surface area contributed by atoms with Crippen LogP contribution in [0, 0.1) is 0 Å². The molecule has 1 heterocycles. The van der Waals surface area contributed by atoms with Gasteiger partial charge in [-0.25, -0.2) is 13.2 Å². The van der Waals surface area contributed by atoms with Crippen molar-refractivity contribution in [3.63, 3.8) is 0 Å². The summed E-state index contributed by atoms with van der Waals surface area (Å²) in [6.07, 6.45) is 5.26. The lowest BCUT2D eigenvalue weighted by atomic mass is 10.1.